The minimum Gasteiger partial charge on any atom is -0.508 e. The van der Waals surface area contributed by atoms with Gasteiger partial charge in [0.05, 0.1) is 0 Å². The first kappa shape index (κ1) is 14.2. The molecule has 0 aromatic heterocycles. The number of anilines is 1. The van der Waals surface area contributed by atoms with E-state index in [2.05, 4.69) is 9.98 Å². The summed E-state index contributed by atoms with van der Waals surface area (Å²) in [4.78, 5) is 10.1. The summed E-state index contributed by atoms with van der Waals surface area (Å²) >= 11 is 5.92. The van der Waals surface area contributed by atoms with Gasteiger partial charge in [-0.2, -0.15) is 4.99 Å². The van der Waals surface area contributed by atoms with Crippen LogP contribution in [-0.4, -0.2) is 17.0 Å². The maximum atomic E-state index is 9.69. The lowest BCUT2D eigenvalue weighted by molar-refractivity contribution is 0.473. The highest BCUT2D eigenvalue weighted by molar-refractivity contribution is 6.30. The van der Waals surface area contributed by atoms with E-state index < -0.39 is 6.17 Å². The molecule has 2 aromatic carbocycles. The number of aromatic hydroxyl groups is 1. The van der Waals surface area contributed by atoms with Crippen LogP contribution in [-0.2, 0) is 0 Å². The number of phenols is 1. The highest BCUT2D eigenvalue weighted by Gasteiger charge is 2.27. The Hall–Kier alpha value is -2.73. The predicted octanol–water partition coefficient (Wildman–Crippen LogP) is 2.19. The van der Waals surface area contributed by atoms with Gasteiger partial charge in [0.1, 0.15) is 5.75 Å². The molecule has 1 heterocycles. The molecule has 6 nitrogen and oxygen atoms in total. The number of nitrogens with zero attached hydrogens (tertiary/aromatic N) is 3. The number of rotatable bonds is 2. The van der Waals surface area contributed by atoms with E-state index in [-0.39, 0.29) is 17.7 Å². The average Bonchev–Trinajstić information content (AvgIpc) is 2.48. The van der Waals surface area contributed by atoms with Gasteiger partial charge in [-0.15, -0.1) is 0 Å². The van der Waals surface area contributed by atoms with Gasteiger partial charge in [0.2, 0.25) is 11.9 Å². The van der Waals surface area contributed by atoms with E-state index in [1.165, 1.54) is 0 Å². The number of halogens is 1. The second-order valence-corrected chi connectivity index (χ2v) is 5.21. The van der Waals surface area contributed by atoms with Crippen molar-refractivity contribution in [3.05, 3.63) is 59.1 Å². The zero-order valence-corrected chi connectivity index (χ0v) is 12.3. The maximum Gasteiger partial charge on any atom is 0.221 e. The molecule has 1 unspecified atom stereocenters. The fourth-order valence-corrected chi connectivity index (χ4v) is 2.42. The van der Waals surface area contributed by atoms with E-state index in [1.807, 2.05) is 18.2 Å². The van der Waals surface area contributed by atoms with E-state index in [9.17, 15) is 5.11 Å². The molecule has 0 spiro atoms. The molecule has 3 rings (SSSR count). The molecule has 0 bridgehead atoms. The molecule has 1 atom stereocenters. The fourth-order valence-electron chi connectivity index (χ4n) is 2.29. The van der Waals surface area contributed by atoms with Crippen LogP contribution >= 0.6 is 11.6 Å². The Kier molecular flexibility index (Phi) is 3.60. The minimum atomic E-state index is -0.509. The van der Waals surface area contributed by atoms with Crippen molar-refractivity contribution in [2.45, 2.75) is 6.17 Å². The predicted molar refractivity (Wildman–Crippen MR) is 88.0 cm³/mol. The molecule has 0 saturated heterocycles. The van der Waals surface area contributed by atoms with Gasteiger partial charge in [-0.05, 0) is 36.4 Å². The lowest BCUT2D eigenvalue weighted by Crippen LogP contribution is -2.44. The highest BCUT2D eigenvalue weighted by Crippen LogP contribution is 2.32. The van der Waals surface area contributed by atoms with Crippen LogP contribution in [0.25, 0.3) is 0 Å². The van der Waals surface area contributed by atoms with E-state index in [1.54, 1.807) is 35.2 Å². The maximum absolute atomic E-state index is 9.69. The average molecular weight is 316 g/mol. The molecule has 0 saturated carbocycles. The molecule has 22 heavy (non-hydrogen) atoms. The Labute approximate surface area is 132 Å². The van der Waals surface area contributed by atoms with Crippen LogP contribution in [0.3, 0.4) is 0 Å². The van der Waals surface area contributed by atoms with Crippen molar-refractivity contribution in [1.29, 1.82) is 0 Å². The molecular weight excluding hydrogens is 302 g/mol. The molecule has 112 valence electrons. The molecule has 1 aliphatic heterocycles. The van der Waals surface area contributed by atoms with Crippen LogP contribution in [0.15, 0.2) is 58.5 Å². The van der Waals surface area contributed by atoms with Crippen molar-refractivity contribution in [3.63, 3.8) is 0 Å². The lowest BCUT2D eigenvalue weighted by Gasteiger charge is -2.32. The molecule has 0 radical (unpaired) electrons. The molecule has 0 fully saturated rings. The van der Waals surface area contributed by atoms with Gasteiger partial charge in [-0.25, -0.2) is 4.99 Å². The Bertz CT molecular complexity index is 757. The Morgan fingerprint density at radius 3 is 2.50 bits per heavy atom. The summed E-state index contributed by atoms with van der Waals surface area (Å²) in [6, 6.07) is 13.9. The van der Waals surface area contributed by atoms with Gasteiger partial charge in [0.15, 0.2) is 6.17 Å². The van der Waals surface area contributed by atoms with Crippen LogP contribution in [0, 0.1) is 0 Å². The van der Waals surface area contributed by atoms with Crippen LogP contribution in [0.4, 0.5) is 5.69 Å². The third kappa shape index (κ3) is 2.68. The molecule has 1 aliphatic rings. The van der Waals surface area contributed by atoms with Crippen molar-refractivity contribution in [2.24, 2.45) is 21.5 Å². The normalized spacial score (nSPS) is 17.9. The Balaban J connectivity index is 2.08. The Morgan fingerprint density at radius 2 is 1.82 bits per heavy atom. The number of benzene rings is 2. The molecule has 2 aromatic rings. The van der Waals surface area contributed by atoms with Crippen molar-refractivity contribution in [3.8, 4) is 5.75 Å². The smallest absolute Gasteiger partial charge is 0.221 e. The van der Waals surface area contributed by atoms with E-state index >= 15 is 0 Å². The summed E-state index contributed by atoms with van der Waals surface area (Å²) in [5.74, 6) is 0.461. The van der Waals surface area contributed by atoms with Crippen LogP contribution in [0.1, 0.15) is 11.7 Å². The second kappa shape index (κ2) is 5.57. The number of aliphatic imine (C=N–C) groups is 2. The molecule has 7 heteroatoms. The number of hydrogen-bond donors (Lipinski definition) is 3. The summed E-state index contributed by atoms with van der Waals surface area (Å²) in [5, 5.41) is 10.3. The van der Waals surface area contributed by atoms with Gasteiger partial charge in [0, 0.05) is 16.3 Å². The van der Waals surface area contributed by atoms with Crippen molar-refractivity contribution < 1.29 is 5.11 Å². The number of hydrogen-bond acceptors (Lipinski definition) is 6. The molecule has 0 aliphatic carbocycles. The first-order valence-electron chi connectivity index (χ1n) is 6.56. The molecular formula is C15H14ClN5O. The summed E-state index contributed by atoms with van der Waals surface area (Å²) in [5.41, 5.74) is 13.3. The zero-order chi connectivity index (χ0) is 15.7. The molecule has 0 amide bonds. The summed E-state index contributed by atoms with van der Waals surface area (Å²) in [6.45, 7) is 0. The van der Waals surface area contributed by atoms with Gasteiger partial charge in [0.25, 0.3) is 0 Å². The molecule has 5 N–H and O–H groups in total. The number of guanidine groups is 2. The van der Waals surface area contributed by atoms with Gasteiger partial charge < -0.3 is 16.6 Å². The first-order valence-corrected chi connectivity index (χ1v) is 6.93. The second-order valence-electron chi connectivity index (χ2n) is 4.77. The summed E-state index contributed by atoms with van der Waals surface area (Å²) in [6.07, 6.45) is -0.509. The first-order chi connectivity index (χ1) is 10.5. The third-order valence-electron chi connectivity index (χ3n) is 3.25. The van der Waals surface area contributed by atoms with Gasteiger partial charge >= 0.3 is 0 Å². The van der Waals surface area contributed by atoms with Gasteiger partial charge in [-0.3, -0.25) is 4.90 Å². The van der Waals surface area contributed by atoms with Crippen molar-refractivity contribution in [2.75, 3.05) is 4.90 Å². The topological polar surface area (TPSA) is 100 Å². The van der Waals surface area contributed by atoms with E-state index in [4.69, 9.17) is 23.1 Å². The zero-order valence-electron chi connectivity index (χ0n) is 11.5. The summed E-state index contributed by atoms with van der Waals surface area (Å²) < 4.78 is 0. The van der Waals surface area contributed by atoms with Crippen LogP contribution < -0.4 is 16.4 Å². The standard InChI is InChI=1S/C15H14ClN5O/c16-10-4-6-11(7-5-10)21-13(19-14(17)20-15(21)18)9-2-1-3-12(22)8-9/h1-8,13,22H,(H4,17,18,19,20). The quantitative estimate of drug-likeness (QED) is 0.790. The van der Waals surface area contributed by atoms with Crippen LogP contribution in [0.5, 0.6) is 5.75 Å². The monoisotopic (exact) mass is 315 g/mol. The lowest BCUT2D eigenvalue weighted by atomic mass is 10.1. The highest BCUT2D eigenvalue weighted by atomic mass is 35.5. The van der Waals surface area contributed by atoms with Crippen molar-refractivity contribution >= 4 is 29.2 Å². The SMILES string of the molecule is NC1=NC(c2cccc(O)c2)N(c2ccc(Cl)cc2)C(N)=N1. The minimum absolute atomic E-state index is 0.0936. The third-order valence-corrected chi connectivity index (χ3v) is 3.50. The Morgan fingerprint density at radius 1 is 1.09 bits per heavy atom. The largest absolute Gasteiger partial charge is 0.508 e. The number of phenolic OH excluding ortho intramolecular Hbond substituents is 1. The van der Waals surface area contributed by atoms with Crippen molar-refractivity contribution in [1.82, 2.24) is 0 Å². The fraction of sp³-hybridized carbons (Fsp3) is 0.0667. The summed E-state index contributed by atoms with van der Waals surface area (Å²) in [7, 11) is 0. The van der Waals surface area contributed by atoms with Gasteiger partial charge in [-0.1, -0.05) is 23.7 Å². The number of nitrogens with two attached hydrogens (primary N) is 2. The van der Waals surface area contributed by atoms with Crippen LogP contribution in [0.2, 0.25) is 5.02 Å². The van der Waals surface area contributed by atoms with E-state index in [0.29, 0.717) is 5.02 Å². The van der Waals surface area contributed by atoms with E-state index in [0.717, 1.165) is 11.3 Å².